The molecule has 0 radical (unpaired) electrons. The molecule has 2 saturated carbocycles. The molecule has 2 N–H and O–H groups in total. The van der Waals surface area contributed by atoms with Gasteiger partial charge >= 0.3 is 0 Å². The van der Waals surface area contributed by atoms with Crippen LogP contribution in [-0.2, 0) is 4.74 Å². The quantitative estimate of drug-likeness (QED) is 0.830. The Bertz CT molecular complexity index is 346. The summed E-state index contributed by atoms with van der Waals surface area (Å²) in [5.74, 6) is 0.924. The minimum absolute atomic E-state index is 0.456. The Morgan fingerprint density at radius 2 is 2.15 bits per heavy atom. The van der Waals surface area contributed by atoms with Gasteiger partial charge in [-0.2, -0.15) is 0 Å². The Balaban J connectivity index is 1.59. The SMILES string of the molecule is CC(CC1COCCN1)NC1C2(C)CCC(C2)C1(C)C. The van der Waals surface area contributed by atoms with E-state index in [4.69, 9.17) is 4.74 Å². The van der Waals surface area contributed by atoms with Crippen molar-refractivity contribution in [2.45, 2.75) is 71.5 Å². The molecule has 3 fully saturated rings. The third-order valence-electron chi connectivity index (χ3n) is 6.36. The molecule has 0 aromatic heterocycles. The molecular weight excluding hydrogens is 248 g/mol. The Morgan fingerprint density at radius 3 is 2.75 bits per heavy atom. The molecule has 3 rings (SSSR count). The average molecular weight is 280 g/mol. The number of nitrogens with one attached hydrogen (secondary N) is 2. The first-order valence-corrected chi connectivity index (χ1v) is 8.49. The van der Waals surface area contributed by atoms with Gasteiger partial charge in [0.25, 0.3) is 0 Å². The Hall–Kier alpha value is -0.120. The van der Waals surface area contributed by atoms with Gasteiger partial charge < -0.3 is 15.4 Å². The lowest BCUT2D eigenvalue weighted by Crippen LogP contribution is -2.54. The summed E-state index contributed by atoms with van der Waals surface area (Å²) in [4.78, 5) is 0. The molecule has 3 nitrogen and oxygen atoms in total. The van der Waals surface area contributed by atoms with Crippen molar-refractivity contribution in [3.63, 3.8) is 0 Å². The van der Waals surface area contributed by atoms with Crippen molar-refractivity contribution >= 4 is 0 Å². The number of rotatable bonds is 4. The van der Waals surface area contributed by atoms with Crippen LogP contribution >= 0.6 is 0 Å². The molecule has 2 aliphatic carbocycles. The van der Waals surface area contributed by atoms with Gasteiger partial charge in [0.2, 0.25) is 0 Å². The number of fused-ring (bicyclic) bond motifs is 2. The van der Waals surface area contributed by atoms with Gasteiger partial charge in [-0.3, -0.25) is 0 Å². The van der Waals surface area contributed by atoms with Crippen LogP contribution in [0.15, 0.2) is 0 Å². The predicted octanol–water partition coefficient (Wildman–Crippen LogP) is 2.56. The maximum atomic E-state index is 5.57. The third kappa shape index (κ3) is 2.53. The highest BCUT2D eigenvalue weighted by atomic mass is 16.5. The van der Waals surface area contributed by atoms with E-state index in [1.54, 1.807) is 0 Å². The minimum atomic E-state index is 0.456. The molecule has 2 bridgehead atoms. The molecule has 1 heterocycles. The molecule has 3 aliphatic rings. The van der Waals surface area contributed by atoms with Crippen LogP contribution in [0.3, 0.4) is 0 Å². The van der Waals surface area contributed by atoms with Crippen molar-refractivity contribution in [2.24, 2.45) is 16.7 Å². The lowest BCUT2D eigenvalue weighted by atomic mass is 9.68. The van der Waals surface area contributed by atoms with E-state index in [1.165, 1.54) is 25.7 Å². The molecule has 0 spiro atoms. The van der Waals surface area contributed by atoms with E-state index in [9.17, 15) is 0 Å². The molecule has 1 saturated heterocycles. The summed E-state index contributed by atoms with van der Waals surface area (Å²) < 4.78 is 5.57. The van der Waals surface area contributed by atoms with Crippen molar-refractivity contribution in [1.29, 1.82) is 0 Å². The van der Waals surface area contributed by atoms with Crippen LogP contribution in [-0.4, -0.2) is 37.9 Å². The van der Waals surface area contributed by atoms with E-state index in [0.29, 0.717) is 29.0 Å². The first kappa shape index (κ1) is 14.8. The Kier molecular flexibility index (Phi) is 3.89. The zero-order chi connectivity index (χ0) is 14.4. The van der Waals surface area contributed by atoms with E-state index in [0.717, 1.165) is 25.7 Å². The largest absolute Gasteiger partial charge is 0.379 e. The Labute approximate surface area is 124 Å². The highest BCUT2D eigenvalue weighted by Gasteiger charge is 2.59. The second-order valence-electron chi connectivity index (χ2n) is 8.38. The van der Waals surface area contributed by atoms with Gasteiger partial charge in [0.1, 0.15) is 0 Å². The van der Waals surface area contributed by atoms with Crippen LogP contribution in [0.25, 0.3) is 0 Å². The van der Waals surface area contributed by atoms with Gasteiger partial charge in [-0.1, -0.05) is 20.8 Å². The number of ether oxygens (including phenoxy) is 1. The van der Waals surface area contributed by atoms with Crippen molar-refractivity contribution in [3.05, 3.63) is 0 Å². The van der Waals surface area contributed by atoms with Crippen LogP contribution in [0.5, 0.6) is 0 Å². The smallest absolute Gasteiger partial charge is 0.0620 e. The summed E-state index contributed by atoms with van der Waals surface area (Å²) in [6.45, 7) is 12.6. The zero-order valence-corrected chi connectivity index (χ0v) is 13.7. The summed E-state index contributed by atoms with van der Waals surface area (Å²) in [5.41, 5.74) is 0.983. The fourth-order valence-corrected chi connectivity index (χ4v) is 5.27. The van der Waals surface area contributed by atoms with Crippen LogP contribution in [0.4, 0.5) is 0 Å². The molecule has 116 valence electrons. The van der Waals surface area contributed by atoms with Gasteiger partial charge in [0, 0.05) is 24.7 Å². The van der Waals surface area contributed by atoms with Gasteiger partial charge in [-0.25, -0.2) is 0 Å². The summed E-state index contributed by atoms with van der Waals surface area (Å²) >= 11 is 0. The fourth-order valence-electron chi connectivity index (χ4n) is 5.27. The normalized spacial score (nSPS) is 44.7. The van der Waals surface area contributed by atoms with Gasteiger partial charge in [0.05, 0.1) is 13.2 Å². The van der Waals surface area contributed by atoms with Crippen LogP contribution < -0.4 is 10.6 Å². The number of hydrogen-bond acceptors (Lipinski definition) is 3. The lowest BCUT2D eigenvalue weighted by Gasteiger charge is -2.45. The average Bonchev–Trinajstić information content (AvgIpc) is 2.87. The molecule has 5 unspecified atom stereocenters. The Morgan fingerprint density at radius 1 is 1.35 bits per heavy atom. The second-order valence-corrected chi connectivity index (χ2v) is 8.38. The molecular formula is C17H32N2O. The van der Waals surface area contributed by atoms with Crippen molar-refractivity contribution < 1.29 is 4.74 Å². The van der Waals surface area contributed by atoms with Gasteiger partial charge in [-0.15, -0.1) is 0 Å². The predicted molar refractivity (Wildman–Crippen MR) is 82.8 cm³/mol. The van der Waals surface area contributed by atoms with Crippen molar-refractivity contribution in [1.82, 2.24) is 10.6 Å². The third-order valence-corrected chi connectivity index (χ3v) is 6.36. The molecule has 5 atom stereocenters. The molecule has 0 aromatic rings. The monoisotopic (exact) mass is 280 g/mol. The van der Waals surface area contributed by atoms with E-state index in [1.807, 2.05) is 0 Å². The minimum Gasteiger partial charge on any atom is -0.379 e. The molecule has 3 heteroatoms. The van der Waals surface area contributed by atoms with Crippen molar-refractivity contribution in [3.8, 4) is 0 Å². The molecule has 20 heavy (non-hydrogen) atoms. The van der Waals surface area contributed by atoms with E-state index < -0.39 is 0 Å². The maximum absolute atomic E-state index is 5.57. The molecule has 0 aromatic carbocycles. The van der Waals surface area contributed by atoms with Crippen molar-refractivity contribution in [2.75, 3.05) is 19.8 Å². The van der Waals surface area contributed by atoms with E-state index in [-0.39, 0.29) is 0 Å². The van der Waals surface area contributed by atoms with Crippen LogP contribution in [0, 0.1) is 16.7 Å². The molecule has 0 amide bonds. The lowest BCUT2D eigenvalue weighted by molar-refractivity contribution is 0.0630. The summed E-state index contributed by atoms with van der Waals surface area (Å²) in [7, 11) is 0. The molecule has 1 aliphatic heterocycles. The summed E-state index contributed by atoms with van der Waals surface area (Å²) in [6.07, 6.45) is 5.45. The van der Waals surface area contributed by atoms with Crippen LogP contribution in [0.2, 0.25) is 0 Å². The second kappa shape index (κ2) is 5.26. The van der Waals surface area contributed by atoms with Crippen LogP contribution in [0.1, 0.15) is 53.4 Å². The number of morpholine rings is 1. The number of hydrogen-bond donors (Lipinski definition) is 2. The summed E-state index contributed by atoms with van der Waals surface area (Å²) in [6, 6.07) is 1.77. The standard InChI is InChI=1S/C17H32N2O/c1-12(9-14-11-20-8-7-18-14)19-15-16(2,3)13-5-6-17(15,4)10-13/h12-15,18-19H,5-11H2,1-4H3. The highest BCUT2D eigenvalue weighted by Crippen LogP contribution is 2.62. The zero-order valence-electron chi connectivity index (χ0n) is 13.7. The van der Waals surface area contributed by atoms with Gasteiger partial charge in [0.15, 0.2) is 0 Å². The first-order valence-electron chi connectivity index (χ1n) is 8.49. The topological polar surface area (TPSA) is 33.3 Å². The summed E-state index contributed by atoms with van der Waals surface area (Å²) in [5, 5.41) is 7.57. The van der Waals surface area contributed by atoms with Gasteiger partial charge in [-0.05, 0) is 49.4 Å². The highest BCUT2D eigenvalue weighted by molar-refractivity contribution is 5.12. The maximum Gasteiger partial charge on any atom is 0.0620 e. The van der Waals surface area contributed by atoms with E-state index in [2.05, 4.69) is 38.3 Å². The fraction of sp³-hybridized carbons (Fsp3) is 1.00. The van der Waals surface area contributed by atoms with E-state index >= 15 is 0 Å². The first-order chi connectivity index (χ1) is 9.42.